The van der Waals surface area contributed by atoms with E-state index >= 15 is 0 Å². The van der Waals surface area contributed by atoms with Gasteiger partial charge in [-0.15, -0.1) is 0 Å². The van der Waals surface area contributed by atoms with Crippen LogP contribution in [-0.2, 0) is 4.74 Å². The Balaban J connectivity index is 1.93. The minimum absolute atomic E-state index is 0.255. The molecule has 1 aromatic heterocycles. The molecule has 94 valence electrons. The SMILES string of the molecule is CSCCCOC(=O)c1cc(N)cn1C1CC1. The monoisotopic (exact) mass is 254 g/mol. The van der Waals surface area contributed by atoms with E-state index < -0.39 is 0 Å². The molecule has 1 aliphatic carbocycles. The molecule has 0 saturated heterocycles. The van der Waals surface area contributed by atoms with Crippen LogP contribution in [0.1, 0.15) is 35.8 Å². The third-order valence-electron chi connectivity index (χ3n) is 2.75. The lowest BCUT2D eigenvalue weighted by molar-refractivity contribution is 0.0493. The maximum atomic E-state index is 11.9. The second kappa shape index (κ2) is 5.49. The zero-order chi connectivity index (χ0) is 12.3. The normalized spacial score (nSPS) is 14.9. The van der Waals surface area contributed by atoms with E-state index in [-0.39, 0.29) is 5.97 Å². The number of nitrogens with two attached hydrogens (primary N) is 1. The molecule has 2 N–H and O–H groups in total. The summed E-state index contributed by atoms with van der Waals surface area (Å²) in [5.41, 5.74) is 6.95. The van der Waals surface area contributed by atoms with Crippen LogP contribution in [0.15, 0.2) is 12.3 Å². The fraction of sp³-hybridized carbons (Fsp3) is 0.583. The second-order valence-corrected chi connectivity index (χ2v) is 5.26. The van der Waals surface area contributed by atoms with Crippen LogP contribution < -0.4 is 5.73 Å². The molecule has 17 heavy (non-hydrogen) atoms. The Kier molecular flexibility index (Phi) is 3.99. The van der Waals surface area contributed by atoms with Crippen LogP contribution in [0.4, 0.5) is 5.69 Å². The average Bonchev–Trinajstić information content (AvgIpc) is 3.08. The number of carbonyl (C=O) groups excluding carboxylic acids is 1. The van der Waals surface area contributed by atoms with E-state index in [0.29, 0.717) is 24.0 Å². The van der Waals surface area contributed by atoms with Gasteiger partial charge in [0.05, 0.1) is 12.3 Å². The first kappa shape index (κ1) is 12.4. The predicted octanol–water partition coefficient (Wildman–Crippen LogP) is 2.32. The van der Waals surface area contributed by atoms with Gasteiger partial charge in [0.2, 0.25) is 0 Å². The van der Waals surface area contributed by atoms with Gasteiger partial charge >= 0.3 is 5.97 Å². The van der Waals surface area contributed by atoms with E-state index in [0.717, 1.165) is 25.0 Å². The van der Waals surface area contributed by atoms with Crippen molar-refractivity contribution in [3.05, 3.63) is 18.0 Å². The molecule has 0 atom stereocenters. The fourth-order valence-corrected chi connectivity index (χ4v) is 2.17. The third kappa shape index (κ3) is 3.19. The Bertz CT molecular complexity index is 399. The minimum atomic E-state index is -0.255. The molecule has 0 aliphatic heterocycles. The lowest BCUT2D eigenvalue weighted by Gasteiger charge is -2.07. The quantitative estimate of drug-likeness (QED) is 0.625. The molecule has 0 bridgehead atoms. The molecule has 1 aromatic rings. The summed E-state index contributed by atoms with van der Waals surface area (Å²) in [7, 11) is 0. The van der Waals surface area contributed by atoms with Crippen molar-refractivity contribution < 1.29 is 9.53 Å². The first-order valence-electron chi connectivity index (χ1n) is 5.86. The van der Waals surface area contributed by atoms with E-state index in [1.165, 1.54) is 0 Å². The van der Waals surface area contributed by atoms with Crippen molar-refractivity contribution in [3.8, 4) is 0 Å². The van der Waals surface area contributed by atoms with Crippen molar-refractivity contribution in [2.24, 2.45) is 0 Å². The maximum absolute atomic E-state index is 11.9. The van der Waals surface area contributed by atoms with E-state index in [1.54, 1.807) is 17.8 Å². The molecule has 0 aromatic carbocycles. The highest BCUT2D eigenvalue weighted by Gasteiger charge is 2.28. The molecule has 1 saturated carbocycles. The fourth-order valence-electron chi connectivity index (χ4n) is 1.76. The van der Waals surface area contributed by atoms with Gasteiger partial charge in [0.25, 0.3) is 0 Å². The minimum Gasteiger partial charge on any atom is -0.461 e. The number of anilines is 1. The van der Waals surface area contributed by atoms with Crippen LogP contribution in [0.3, 0.4) is 0 Å². The van der Waals surface area contributed by atoms with E-state index in [4.69, 9.17) is 10.5 Å². The van der Waals surface area contributed by atoms with Crippen LogP contribution in [-0.4, -0.2) is 29.2 Å². The van der Waals surface area contributed by atoms with E-state index in [1.807, 2.05) is 17.0 Å². The summed E-state index contributed by atoms with van der Waals surface area (Å²) in [6, 6.07) is 2.15. The number of hydrogen-bond acceptors (Lipinski definition) is 4. The summed E-state index contributed by atoms with van der Waals surface area (Å²) in [6.07, 6.45) is 7.02. The van der Waals surface area contributed by atoms with Crippen molar-refractivity contribution >= 4 is 23.4 Å². The standard InChI is InChI=1S/C12H18N2O2S/c1-17-6-2-5-16-12(15)11-7-9(13)8-14(11)10-3-4-10/h7-8,10H,2-6,13H2,1H3. The van der Waals surface area contributed by atoms with Crippen LogP contribution in [0.2, 0.25) is 0 Å². The average molecular weight is 254 g/mol. The van der Waals surface area contributed by atoms with Crippen molar-refractivity contribution in [1.29, 1.82) is 0 Å². The van der Waals surface area contributed by atoms with E-state index in [2.05, 4.69) is 0 Å². The summed E-state index contributed by atoms with van der Waals surface area (Å²) < 4.78 is 7.18. The molecule has 5 heteroatoms. The predicted molar refractivity (Wildman–Crippen MR) is 70.4 cm³/mol. The summed E-state index contributed by atoms with van der Waals surface area (Å²) in [5.74, 6) is 0.758. The van der Waals surface area contributed by atoms with Crippen molar-refractivity contribution in [1.82, 2.24) is 4.57 Å². The first-order valence-corrected chi connectivity index (χ1v) is 7.25. The zero-order valence-corrected chi connectivity index (χ0v) is 10.8. The van der Waals surface area contributed by atoms with Crippen molar-refractivity contribution in [2.75, 3.05) is 24.3 Å². The van der Waals surface area contributed by atoms with Crippen LogP contribution in [0.5, 0.6) is 0 Å². The third-order valence-corrected chi connectivity index (χ3v) is 3.44. The van der Waals surface area contributed by atoms with Gasteiger partial charge in [-0.2, -0.15) is 11.8 Å². The molecule has 1 fully saturated rings. The van der Waals surface area contributed by atoms with Crippen molar-refractivity contribution in [2.45, 2.75) is 25.3 Å². The van der Waals surface area contributed by atoms with Gasteiger partial charge in [0.15, 0.2) is 0 Å². The topological polar surface area (TPSA) is 57.2 Å². The Morgan fingerprint density at radius 3 is 3.06 bits per heavy atom. The Labute approximate surface area is 106 Å². The van der Waals surface area contributed by atoms with Gasteiger partial charge in [0.1, 0.15) is 5.69 Å². The number of aromatic nitrogens is 1. The van der Waals surface area contributed by atoms with Gasteiger partial charge in [-0.25, -0.2) is 4.79 Å². The number of nitrogen functional groups attached to an aromatic ring is 1. The zero-order valence-electron chi connectivity index (χ0n) is 10.0. The highest BCUT2D eigenvalue weighted by molar-refractivity contribution is 7.98. The maximum Gasteiger partial charge on any atom is 0.355 e. The highest BCUT2D eigenvalue weighted by Crippen LogP contribution is 2.37. The molecule has 0 amide bonds. The Hall–Kier alpha value is -1.10. The molecule has 1 heterocycles. The molecule has 0 spiro atoms. The lowest BCUT2D eigenvalue weighted by atomic mass is 10.4. The Morgan fingerprint density at radius 1 is 1.65 bits per heavy atom. The lowest BCUT2D eigenvalue weighted by Crippen LogP contribution is -2.12. The number of esters is 1. The summed E-state index contributed by atoms with van der Waals surface area (Å²) in [4.78, 5) is 11.9. The number of rotatable bonds is 6. The highest BCUT2D eigenvalue weighted by atomic mass is 32.2. The van der Waals surface area contributed by atoms with Crippen LogP contribution in [0.25, 0.3) is 0 Å². The van der Waals surface area contributed by atoms with Crippen molar-refractivity contribution in [3.63, 3.8) is 0 Å². The van der Waals surface area contributed by atoms with Crippen LogP contribution in [0, 0.1) is 0 Å². The van der Waals surface area contributed by atoms with Crippen LogP contribution >= 0.6 is 11.8 Å². The summed E-state index contributed by atoms with van der Waals surface area (Å²) in [6.45, 7) is 0.482. The first-order chi connectivity index (χ1) is 8.22. The number of ether oxygens (including phenoxy) is 1. The number of thioether (sulfide) groups is 1. The van der Waals surface area contributed by atoms with Gasteiger partial charge in [-0.3, -0.25) is 0 Å². The Morgan fingerprint density at radius 2 is 2.41 bits per heavy atom. The van der Waals surface area contributed by atoms with Gasteiger partial charge in [-0.1, -0.05) is 0 Å². The molecular weight excluding hydrogens is 236 g/mol. The molecule has 1 aliphatic rings. The largest absolute Gasteiger partial charge is 0.461 e. The molecule has 2 rings (SSSR count). The number of carbonyl (C=O) groups is 1. The second-order valence-electron chi connectivity index (χ2n) is 4.28. The molecule has 0 unspecified atom stereocenters. The summed E-state index contributed by atoms with van der Waals surface area (Å²) in [5, 5.41) is 0. The number of nitrogens with zero attached hydrogens (tertiary/aromatic N) is 1. The van der Waals surface area contributed by atoms with Gasteiger partial charge in [-0.05, 0) is 37.3 Å². The molecule has 4 nitrogen and oxygen atoms in total. The smallest absolute Gasteiger partial charge is 0.355 e. The number of hydrogen-bond donors (Lipinski definition) is 1. The summed E-state index contributed by atoms with van der Waals surface area (Å²) >= 11 is 1.75. The molecular formula is C12H18N2O2S. The van der Waals surface area contributed by atoms with Gasteiger partial charge in [0, 0.05) is 12.2 Å². The van der Waals surface area contributed by atoms with E-state index in [9.17, 15) is 4.79 Å². The van der Waals surface area contributed by atoms with Gasteiger partial charge < -0.3 is 15.0 Å². The molecule has 0 radical (unpaired) electrons.